The predicted octanol–water partition coefficient (Wildman–Crippen LogP) is 2.43. The molecule has 0 radical (unpaired) electrons. The van der Waals surface area contributed by atoms with Gasteiger partial charge in [0.25, 0.3) is 5.56 Å². The van der Waals surface area contributed by atoms with Crippen LogP contribution in [0.25, 0.3) is 0 Å². The van der Waals surface area contributed by atoms with Crippen molar-refractivity contribution in [2.45, 2.75) is 50.9 Å². The second-order valence-electron chi connectivity index (χ2n) is 7.26. The standard InChI is InChI=1S/C17H20F3N5O2/c18-17(19,20)13-3-4-15(26)25(23-13)9-11-5-7-24(8-6-11)10-14-21-22-16(27-14)12-1-2-12/h3-4,11-12H,1-2,5-10H2. The quantitative estimate of drug-likeness (QED) is 0.789. The normalized spacial score (nSPS) is 19.5. The van der Waals surface area contributed by atoms with Crippen molar-refractivity contribution in [3.8, 4) is 0 Å². The summed E-state index contributed by atoms with van der Waals surface area (Å²) in [6, 6.07) is 1.65. The molecule has 2 fully saturated rings. The maximum atomic E-state index is 12.8. The Kier molecular flexibility index (Phi) is 4.75. The molecule has 1 aliphatic heterocycles. The van der Waals surface area contributed by atoms with Crippen LogP contribution in [0.15, 0.2) is 21.3 Å². The third-order valence-corrected chi connectivity index (χ3v) is 5.06. The molecule has 2 aliphatic rings. The Bertz CT molecular complexity index is 851. The summed E-state index contributed by atoms with van der Waals surface area (Å²) in [5.74, 6) is 1.86. The van der Waals surface area contributed by atoms with Crippen LogP contribution in [0.1, 0.15) is 49.1 Å². The minimum Gasteiger partial charge on any atom is -0.424 e. The number of likely N-dealkylation sites (tertiary alicyclic amines) is 1. The van der Waals surface area contributed by atoms with Crippen LogP contribution in [-0.4, -0.2) is 38.0 Å². The lowest BCUT2D eigenvalue weighted by atomic mass is 9.97. The number of rotatable bonds is 5. The number of aromatic nitrogens is 4. The van der Waals surface area contributed by atoms with Gasteiger partial charge in [-0.3, -0.25) is 9.69 Å². The zero-order chi connectivity index (χ0) is 19.0. The van der Waals surface area contributed by atoms with E-state index in [1.807, 2.05) is 0 Å². The molecule has 2 aromatic heterocycles. The monoisotopic (exact) mass is 383 g/mol. The fourth-order valence-electron chi connectivity index (χ4n) is 3.32. The molecular formula is C17H20F3N5O2. The van der Waals surface area contributed by atoms with Gasteiger partial charge in [-0.1, -0.05) is 0 Å². The molecule has 1 saturated heterocycles. The highest BCUT2D eigenvalue weighted by Gasteiger charge is 2.33. The molecule has 7 nitrogen and oxygen atoms in total. The van der Waals surface area contributed by atoms with Crippen molar-refractivity contribution in [1.29, 1.82) is 0 Å². The van der Waals surface area contributed by atoms with Gasteiger partial charge in [0.2, 0.25) is 11.8 Å². The van der Waals surface area contributed by atoms with Crippen molar-refractivity contribution < 1.29 is 17.6 Å². The Balaban J connectivity index is 1.32. The molecule has 0 N–H and O–H groups in total. The smallest absolute Gasteiger partial charge is 0.424 e. The largest absolute Gasteiger partial charge is 0.435 e. The molecule has 0 atom stereocenters. The molecule has 0 bridgehead atoms. The Hall–Kier alpha value is -2.23. The van der Waals surface area contributed by atoms with Gasteiger partial charge in [-0.05, 0) is 50.8 Å². The molecule has 1 saturated carbocycles. The van der Waals surface area contributed by atoms with Crippen molar-refractivity contribution >= 4 is 0 Å². The molecule has 0 aromatic carbocycles. The second-order valence-corrected chi connectivity index (χ2v) is 7.26. The molecule has 10 heteroatoms. The van der Waals surface area contributed by atoms with Gasteiger partial charge in [-0.2, -0.15) is 18.3 Å². The summed E-state index contributed by atoms with van der Waals surface area (Å²) in [6.45, 7) is 2.30. The molecule has 2 aromatic rings. The van der Waals surface area contributed by atoms with Crippen molar-refractivity contribution in [2.75, 3.05) is 13.1 Å². The number of nitrogens with zero attached hydrogens (tertiary/aromatic N) is 5. The highest BCUT2D eigenvalue weighted by atomic mass is 19.4. The summed E-state index contributed by atoms with van der Waals surface area (Å²) in [4.78, 5) is 14.0. The number of piperidine rings is 1. The number of halogens is 3. The first-order chi connectivity index (χ1) is 12.9. The summed E-state index contributed by atoms with van der Waals surface area (Å²) < 4.78 is 45.0. The van der Waals surface area contributed by atoms with Gasteiger partial charge < -0.3 is 4.42 Å². The molecule has 0 spiro atoms. The second kappa shape index (κ2) is 7.06. The van der Waals surface area contributed by atoms with Gasteiger partial charge in [-0.25, -0.2) is 4.68 Å². The van der Waals surface area contributed by atoms with Crippen LogP contribution >= 0.6 is 0 Å². The molecule has 1 aliphatic carbocycles. The van der Waals surface area contributed by atoms with Crippen LogP contribution < -0.4 is 5.56 Å². The lowest BCUT2D eigenvalue weighted by molar-refractivity contribution is -0.142. The van der Waals surface area contributed by atoms with Crippen LogP contribution in [0.4, 0.5) is 13.2 Å². The van der Waals surface area contributed by atoms with E-state index in [9.17, 15) is 18.0 Å². The Morgan fingerprint density at radius 1 is 1.11 bits per heavy atom. The van der Waals surface area contributed by atoms with E-state index >= 15 is 0 Å². The van der Waals surface area contributed by atoms with E-state index in [1.54, 1.807) is 0 Å². The maximum absolute atomic E-state index is 12.8. The summed E-state index contributed by atoms with van der Waals surface area (Å²) in [6.07, 6.45) is -0.796. The minimum atomic E-state index is -4.55. The van der Waals surface area contributed by atoms with E-state index in [2.05, 4.69) is 20.2 Å². The predicted molar refractivity (Wildman–Crippen MR) is 87.8 cm³/mol. The fraction of sp³-hybridized carbons (Fsp3) is 0.647. The molecule has 0 amide bonds. The van der Waals surface area contributed by atoms with Crippen molar-refractivity contribution in [3.05, 3.63) is 40.0 Å². The first-order valence-electron chi connectivity index (χ1n) is 9.08. The van der Waals surface area contributed by atoms with Crippen molar-refractivity contribution in [3.63, 3.8) is 0 Å². The Labute approximate surface area is 153 Å². The molecule has 27 heavy (non-hydrogen) atoms. The van der Waals surface area contributed by atoms with E-state index in [0.717, 1.165) is 61.5 Å². The zero-order valence-electron chi connectivity index (χ0n) is 14.7. The van der Waals surface area contributed by atoms with E-state index in [0.29, 0.717) is 18.4 Å². The lowest BCUT2D eigenvalue weighted by Gasteiger charge is -2.31. The molecule has 3 heterocycles. The third kappa shape index (κ3) is 4.37. The topological polar surface area (TPSA) is 77.1 Å². The van der Waals surface area contributed by atoms with E-state index in [4.69, 9.17) is 4.42 Å². The third-order valence-electron chi connectivity index (χ3n) is 5.06. The van der Waals surface area contributed by atoms with Crippen molar-refractivity contribution in [2.24, 2.45) is 5.92 Å². The van der Waals surface area contributed by atoms with Gasteiger partial charge >= 0.3 is 6.18 Å². The van der Waals surface area contributed by atoms with Gasteiger partial charge in [0.05, 0.1) is 6.54 Å². The zero-order valence-corrected chi connectivity index (χ0v) is 14.7. The van der Waals surface area contributed by atoms with E-state index in [1.165, 1.54) is 0 Å². The van der Waals surface area contributed by atoms with Gasteiger partial charge in [0.1, 0.15) is 0 Å². The Morgan fingerprint density at radius 3 is 2.52 bits per heavy atom. The molecule has 0 unspecified atom stereocenters. The molecule has 4 rings (SSSR count). The Morgan fingerprint density at radius 2 is 1.85 bits per heavy atom. The van der Waals surface area contributed by atoms with Gasteiger partial charge in [0.15, 0.2) is 5.69 Å². The van der Waals surface area contributed by atoms with E-state index in [-0.39, 0.29) is 12.5 Å². The average molecular weight is 383 g/mol. The summed E-state index contributed by atoms with van der Waals surface area (Å²) >= 11 is 0. The number of hydrogen-bond acceptors (Lipinski definition) is 6. The summed E-state index contributed by atoms with van der Waals surface area (Å²) in [5.41, 5.74) is -1.55. The first kappa shape index (κ1) is 18.1. The number of hydrogen-bond donors (Lipinski definition) is 0. The highest BCUT2D eigenvalue weighted by Crippen LogP contribution is 2.39. The van der Waals surface area contributed by atoms with E-state index < -0.39 is 17.4 Å². The first-order valence-corrected chi connectivity index (χ1v) is 9.08. The van der Waals surface area contributed by atoms with Gasteiger partial charge in [-0.15, -0.1) is 10.2 Å². The SMILES string of the molecule is O=c1ccc(C(F)(F)F)nn1CC1CCN(Cc2nnc(C3CC3)o2)CC1. The summed E-state index contributed by atoms with van der Waals surface area (Å²) in [7, 11) is 0. The van der Waals surface area contributed by atoms with Crippen molar-refractivity contribution in [1.82, 2.24) is 24.9 Å². The molecular weight excluding hydrogens is 363 g/mol. The van der Waals surface area contributed by atoms with Crippen LogP contribution in [0, 0.1) is 5.92 Å². The minimum absolute atomic E-state index is 0.111. The van der Waals surface area contributed by atoms with Crippen LogP contribution in [0.5, 0.6) is 0 Å². The van der Waals surface area contributed by atoms with Gasteiger partial charge in [0, 0.05) is 18.5 Å². The summed E-state index contributed by atoms with van der Waals surface area (Å²) in [5, 5.41) is 11.6. The van der Waals surface area contributed by atoms with Crippen LogP contribution in [0.3, 0.4) is 0 Å². The maximum Gasteiger partial charge on any atom is 0.435 e. The fourth-order valence-corrected chi connectivity index (χ4v) is 3.32. The van der Waals surface area contributed by atoms with Crippen LogP contribution in [-0.2, 0) is 19.3 Å². The van der Waals surface area contributed by atoms with Crippen LogP contribution in [0.2, 0.25) is 0 Å². The highest BCUT2D eigenvalue weighted by molar-refractivity contribution is 5.04. The number of alkyl halides is 3. The molecule has 146 valence electrons. The average Bonchev–Trinajstić information content (AvgIpc) is 3.37. The lowest BCUT2D eigenvalue weighted by Crippen LogP contribution is -2.37.